The molecule has 0 aliphatic carbocycles. The number of hydrogen-bond acceptors (Lipinski definition) is 6. The molecule has 0 aliphatic rings. The lowest BCUT2D eigenvalue weighted by Gasteiger charge is -2.30. The average molecular weight is 343 g/mol. The van der Waals surface area contributed by atoms with E-state index < -0.39 is 23.4 Å². The first kappa shape index (κ1) is 18.5. The van der Waals surface area contributed by atoms with Gasteiger partial charge in [-0.15, -0.1) is 0 Å². The summed E-state index contributed by atoms with van der Waals surface area (Å²) in [5.74, 6) is -1.50. The number of aromatic hydroxyl groups is 1. The van der Waals surface area contributed by atoms with Gasteiger partial charge in [-0.1, -0.05) is 42.5 Å². The standard InChI is InChI=1S/C19H21NO5/c1-19(17(22)24-2,16(20)14-8-10-15(21)11-9-14)18(23)25-12-13-6-4-3-5-7-13/h3-11,16,21H,12,20H2,1-2H3/t16?,19-/m0/s1. The van der Waals surface area contributed by atoms with Crippen LogP contribution in [0.15, 0.2) is 54.6 Å². The second kappa shape index (κ2) is 7.81. The number of phenols is 1. The summed E-state index contributed by atoms with van der Waals surface area (Å²) in [5, 5.41) is 9.39. The van der Waals surface area contributed by atoms with Gasteiger partial charge in [0.2, 0.25) is 0 Å². The van der Waals surface area contributed by atoms with Crippen LogP contribution in [0, 0.1) is 5.41 Å². The van der Waals surface area contributed by atoms with Crippen LogP contribution in [0.5, 0.6) is 5.75 Å². The first-order valence-corrected chi connectivity index (χ1v) is 7.73. The number of methoxy groups -OCH3 is 1. The normalized spacial score (nSPS) is 14.2. The van der Waals surface area contributed by atoms with Crippen molar-refractivity contribution in [3.8, 4) is 5.75 Å². The molecular weight excluding hydrogens is 322 g/mol. The summed E-state index contributed by atoms with van der Waals surface area (Å²) in [5.41, 5.74) is 5.76. The van der Waals surface area contributed by atoms with Crippen molar-refractivity contribution in [1.29, 1.82) is 0 Å². The third kappa shape index (κ3) is 3.97. The fourth-order valence-corrected chi connectivity index (χ4v) is 2.44. The van der Waals surface area contributed by atoms with Crippen molar-refractivity contribution in [2.45, 2.75) is 19.6 Å². The number of ether oxygens (including phenoxy) is 2. The van der Waals surface area contributed by atoms with Gasteiger partial charge >= 0.3 is 11.9 Å². The molecule has 2 atom stereocenters. The van der Waals surface area contributed by atoms with E-state index in [1.165, 1.54) is 26.2 Å². The van der Waals surface area contributed by atoms with Gasteiger partial charge in [0.1, 0.15) is 12.4 Å². The maximum absolute atomic E-state index is 12.7. The van der Waals surface area contributed by atoms with Crippen LogP contribution in [0.2, 0.25) is 0 Å². The van der Waals surface area contributed by atoms with E-state index in [1.54, 1.807) is 12.1 Å². The fraction of sp³-hybridized carbons (Fsp3) is 0.263. The van der Waals surface area contributed by atoms with E-state index in [4.69, 9.17) is 15.2 Å². The summed E-state index contributed by atoms with van der Waals surface area (Å²) < 4.78 is 10.1. The minimum Gasteiger partial charge on any atom is -0.508 e. The van der Waals surface area contributed by atoms with E-state index in [0.29, 0.717) is 5.56 Å². The molecule has 0 amide bonds. The molecular formula is C19H21NO5. The Balaban J connectivity index is 2.25. The molecule has 0 aliphatic heterocycles. The Labute approximate surface area is 146 Å². The van der Waals surface area contributed by atoms with E-state index in [0.717, 1.165) is 5.56 Å². The summed E-state index contributed by atoms with van der Waals surface area (Å²) in [6.07, 6.45) is 0. The van der Waals surface area contributed by atoms with Gasteiger partial charge in [-0.25, -0.2) is 0 Å². The van der Waals surface area contributed by atoms with Gasteiger partial charge in [0, 0.05) is 0 Å². The van der Waals surface area contributed by atoms with Gasteiger partial charge in [0.15, 0.2) is 5.41 Å². The quantitative estimate of drug-likeness (QED) is 0.617. The first-order valence-electron chi connectivity index (χ1n) is 7.73. The van der Waals surface area contributed by atoms with Gasteiger partial charge in [0.05, 0.1) is 13.2 Å². The molecule has 0 aromatic heterocycles. The maximum atomic E-state index is 12.7. The number of esters is 2. The molecule has 0 heterocycles. The van der Waals surface area contributed by atoms with E-state index in [1.807, 2.05) is 30.3 Å². The molecule has 3 N–H and O–H groups in total. The molecule has 0 fully saturated rings. The molecule has 6 nitrogen and oxygen atoms in total. The monoisotopic (exact) mass is 343 g/mol. The highest BCUT2D eigenvalue weighted by Crippen LogP contribution is 2.35. The molecule has 25 heavy (non-hydrogen) atoms. The molecule has 2 aromatic carbocycles. The Hall–Kier alpha value is -2.86. The number of carbonyl (C=O) groups is 2. The zero-order valence-electron chi connectivity index (χ0n) is 14.1. The molecule has 0 bridgehead atoms. The summed E-state index contributed by atoms with van der Waals surface area (Å²) in [6, 6.07) is 14.1. The Bertz CT molecular complexity index is 729. The summed E-state index contributed by atoms with van der Waals surface area (Å²) in [7, 11) is 1.19. The Morgan fingerprint density at radius 1 is 1.08 bits per heavy atom. The van der Waals surface area contributed by atoms with Crippen molar-refractivity contribution >= 4 is 11.9 Å². The van der Waals surface area contributed by atoms with Crippen molar-refractivity contribution in [3.05, 3.63) is 65.7 Å². The van der Waals surface area contributed by atoms with Crippen molar-refractivity contribution in [2.24, 2.45) is 11.1 Å². The number of hydrogen-bond donors (Lipinski definition) is 2. The Morgan fingerprint density at radius 3 is 2.24 bits per heavy atom. The van der Waals surface area contributed by atoms with Crippen LogP contribution in [-0.2, 0) is 25.7 Å². The second-order valence-corrected chi connectivity index (χ2v) is 5.82. The predicted molar refractivity (Wildman–Crippen MR) is 91.4 cm³/mol. The van der Waals surface area contributed by atoms with Crippen molar-refractivity contribution in [1.82, 2.24) is 0 Å². The Morgan fingerprint density at radius 2 is 1.68 bits per heavy atom. The number of phenolic OH excluding ortho intramolecular Hbond substituents is 1. The number of nitrogens with two attached hydrogens (primary N) is 1. The molecule has 0 saturated heterocycles. The van der Waals surface area contributed by atoms with Crippen LogP contribution >= 0.6 is 0 Å². The van der Waals surface area contributed by atoms with Crippen LogP contribution in [0.3, 0.4) is 0 Å². The number of carbonyl (C=O) groups excluding carboxylic acids is 2. The molecule has 2 aromatic rings. The summed E-state index contributed by atoms with van der Waals surface area (Å²) in [6.45, 7) is 1.41. The van der Waals surface area contributed by atoms with Gasteiger partial charge in [-0.2, -0.15) is 0 Å². The maximum Gasteiger partial charge on any atom is 0.325 e. The summed E-state index contributed by atoms with van der Waals surface area (Å²) >= 11 is 0. The van der Waals surface area contributed by atoms with Gasteiger partial charge in [-0.3, -0.25) is 9.59 Å². The van der Waals surface area contributed by atoms with Crippen LogP contribution < -0.4 is 5.73 Å². The van der Waals surface area contributed by atoms with Crippen LogP contribution in [-0.4, -0.2) is 24.2 Å². The molecule has 2 rings (SSSR count). The molecule has 1 unspecified atom stereocenters. The van der Waals surface area contributed by atoms with Crippen LogP contribution in [0.1, 0.15) is 24.1 Å². The van der Waals surface area contributed by atoms with Gasteiger partial charge in [0.25, 0.3) is 0 Å². The number of benzene rings is 2. The van der Waals surface area contributed by atoms with Crippen molar-refractivity contribution in [3.63, 3.8) is 0 Å². The lowest BCUT2D eigenvalue weighted by atomic mass is 9.79. The first-order chi connectivity index (χ1) is 11.9. The smallest absolute Gasteiger partial charge is 0.325 e. The van der Waals surface area contributed by atoms with E-state index in [9.17, 15) is 14.7 Å². The van der Waals surface area contributed by atoms with Gasteiger partial charge < -0.3 is 20.3 Å². The highest BCUT2D eigenvalue weighted by Gasteiger charge is 2.50. The second-order valence-electron chi connectivity index (χ2n) is 5.82. The van der Waals surface area contributed by atoms with Crippen LogP contribution in [0.4, 0.5) is 0 Å². The fourth-order valence-electron chi connectivity index (χ4n) is 2.44. The van der Waals surface area contributed by atoms with Crippen molar-refractivity contribution < 1.29 is 24.2 Å². The largest absolute Gasteiger partial charge is 0.508 e. The minimum atomic E-state index is -1.72. The molecule has 132 valence electrons. The molecule has 6 heteroatoms. The lowest BCUT2D eigenvalue weighted by molar-refractivity contribution is -0.172. The topological polar surface area (TPSA) is 98.9 Å². The number of rotatable bonds is 6. The molecule has 0 spiro atoms. The highest BCUT2D eigenvalue weighted by atomic mass is 16.6. The average Bonchev–Trinajstić information content (AvgIpc) is 2.65. The van der Waals surface area contributed by atoms with Crippen LogP contribution in [0.25, 0.3) is 0 Å². The molecule has 0 radical (unpaired) electrons. The van der Waals surface area contributed by atoms with E-state index in [2.05, 4.69) is 0 Å². The zero-order valence-corrected chi connectivity index (χ0v) is 14.1. The summed E-state index contributed by atoms with van der Waals surface area (Å²) in [4.78, 5) is 25.0. The SMILES string of the molecule is COC(=O)[C@@](C)(C(=O)OCc1ccccc1)C(N)c1ccc(O)cc1. The van der Waals surface area contributed by atoms with E-state index >= 15 is 0 Å². The Kier molecular flexibility index (Phi) is 5.77. The minimum absolute atomic E-state index is 0.0224. The van der Waals surface area contributed by atoms with Crippen molar-refractivity contribution in [2.75, 3.05) is 7.11 Å². The molecule has 0 saturated carbocycles. The van der Waals surface area contributed by atoms with Gasteiger partial charge in [-0.05, 0) is 30.2 Å². The third-order valence-electron chi connectivity index (χ3n) is 4.12. The third-order valence-corrected chi connectivity index (χ3v) is 4.12. The van der Waals surface area contributed by atoms with E-state index in [-0.39, 0.29) is 12.4 Å². The predicted octanol–water partition coefficient (Wildman–Crippen LogP) is 2.31. The lowest BCUT2D eigenvalue weighted by Crippen LogP contribution is -2.47. The highest BCUT2D eigenvalue weighted by molar-refractivity contribution is 6.00. The zero-order chi connectivity index (χ0) is 18.4.